The van der Waals surface area contributed by atoms with Crippen molar-refractivity contribution in [1.82, 2.24) is 5.32 Å². The smallest absolute Gasteiger partial charge is 0.251 e. The Morgan fingerprint density at radius 1 is 1.45 bits per heavy atom. The number of unbranched alkanes of at least 4 members (excludes halogenated alkanes) is 2. The Bertz CT molecular complexity index is 477. The van der Waals surface area contributed by atoms with Crippen molar-refractivity contribution >= 4 is 5.91 Å². The van der Waals surface area contributed by atoms with Gasteiger partial charge in [0, 0.05) is 12.0 Å². The van der Waals surface area contributed by atoms with E-state index in [0.29, 0.717) is 12.4 Å². The summed E-state index contributed by atoms with van der Waals surface area (Å²) < 4.78 is 17.4. The summed E-state index contributed by atoms with van der Waals surface area (Å²) in [5, 5.41) is 2.40. The van der Waals surface area contributed by atoms with Gasteiger partial charge in [0.1, 0.15) is 12.4 Å². The second-order valence-electron chi connectivity index (χ2n) is 4.27. The van der Waals surface area contributed by atoms with Crippen LogP contribution in [0.4, 0.5) is 4.39 Å². The zero-order chi connectivity index (χ0) is 14.6. The number of nitrogens with one attached hydrogen (secondary N) is 1. The maximum atomic E-state index is 11.9. The van der Waals surface area contributed by atoms with Gasteiger partial charge in [-0.15, -0.1) is 0 Å². The van der Waals surface area contributed by atoms with Crippen molar-refractivity contribution in [2.45, 2.75) is 26.2 Å². The molecule has 0 saturated carbocycles. The number of amides is 1. The highest BCUT2D eigenvalue weighted by Crippen LogP contribution is 2.12. The predicted molar refractivity (Wildman–Crippen MR) is 77.3 cm³/mol. The molecular weight excluding hydrogens is 257 g/mol. The normalized spacial score (nSPS) is 9.50. The lowest BCUT2D eigenvalue weighted by atomic mass is 10.2. The van der Waals surface area contributed by atoms with Crippen LogP contribution in [0.1, 0.15) is 31.7 Å². The Balaban J connectivity index is 2.39. The minimum atomic E-state index is -0.997. The Kier molecular flexibility index (Phi) is 7.90. The van der Waals surface area contributed by atoms with Gasteiger partial charge in [-0.25, -0.2) is 4.39 Å². The molecule has 0 heterocycles. The van der Waals surface area contributed by atoms with E-state index in [0.717, 1.165) is 24.8 Å². The third-order valence-corrected chi connectivity index (χ3v) is 2.54. The van der Waals surface area contributed by atoms with Gasteiger partial charge in [-0.3, -0.25) is 4.79 Å². The van der Waals surface area contributed by atoms with Crippen molar-refractivity contribution in [1.29, 1.82) is 0 Å². The van der Waals surface area contributed by atoms with Crippen LogP contribution < -0.4 is 10.1 Å². The van der Waals surface area contributed by atoms with Crippen LogP contribution >= 0.6 is 0 Å². The van der Waals surface area contributed by atoms with Gasteiger partial charge < -0.3 is 10.1 Å². The fourth-order valence-electron chi connectivity index (χ4n) is 1.50. The van der Waals surface area contributed by atoms with E-state index in [9.17, 15) is 9.18 Å². The van der Waals surface area contributed by atoms with Crippen molar-refractivity contribution in [3.05, 3.63) is 29.8 Å². The number of ether oxygens (including phenoxy) is 1. The monoisotopic (exact) mass is 277 g/mol. The predicted octanol–water partition coefficient (Wildman–Crippen LogP) is 2.69. The van der Waals surface area contributed by atoms with Gasteiger partial charge in [0.05, 0.1) is 6.54 Å². The lowest BCUT2D eigenvalue weighted by Crippen LogP contribution is -2.29. The van der Waals surface area contributed by atoms with Crippen LogP contribution in [0.25, 0.3) is 0 Å². The molecule has 0 aliphatic rings. The maximum Gasteiger partial charge on any atom is 0.251 e. The quantitative estimate of drug-likeness (QED) is 0.614. The molecule has 4 heteroatoms. The fraction of sp³-hybridized carbons (Fsp3) is 0.438. The largest absolute Gasteiger partial charge is 0.492 e. The van der Waals surface area contributed by atoms with Gasteiger partial charge in [-0.05, 0) is 24.6 Å². The van der Waals surface area contributed by atoms with E-state index in [2.05, 4.69) is 24.1 Å². The van der Waals surface area contributed by atoms with E-state index < -0.39 is 12.6 Å². The number of carbonyl (C=O) groups excluding carboxylic acids is 1. The summed E-state index contributed by atoms with van der Waals surface area (Å²) in [4.78, 5) is 10.7. The first-order valence-corrected chi connectivity index (χ1v) is 6.80. The van der Waals surface area contributed by atoms with Gasteiger partial charge in [-0.1, -0.05) is 31.3 Å². The number of hydrogen-bond acceptors (Lipinski definition) is 2. The summed E-state index contributed by atoms with van der Waals surface area (Å²) in [5.74, 6) is 6.28. The fourth-order valence-corrected chi connectivity index (χ4v) is 1.50. The molecule has 20 heavy (non-hydrogen) atoms. The molecule has 0 bridgehead atoms. The first-order valence-electron chi connectivity index (χ1n) is 6.80. The van der Waals surface area contributed by atoms with Crippen LogP contribution in [0.2, 0.25) is 0 Å². The Morgan fingerprint density at radius 2 is 2.30 bits per heavy atom. The standard InChI is InChI=1S/C16H20FNO2/c1-2-3-4-5-7-14-8-6-9-15(12-14)20-11-10-18-16(19)13-17/h6,8-9,12H,2-4,10-11,13H2,1H3,(H,18,19). The molecule has 0 fully saturated rings. The van der Waals surface area contributed by atoms with Crippen LogP contribution in [0.5, 0.6) is 5.75 Å². The molecule has 0 aromatic heterocycles. The molecule has 0 unspecified atom stereocenters. The molecule has 1 rings (SSSR count). The van der Waals surface area contributed by atoms with E-state index in [1.165, 1.54) is 0 Å². The molecule has 108 valence electrons. The lowest BCUT2D eigenvalue weighted by molar-refractivity contribution is -0.122. The molecule has 1 N–H and O–H groups in total. The zero-order valence-electron chi connectivity index (χ0n) is 11.7. The number of halogens is 1. The van der Waals surface area contributed by atoms with E-state index in [4.69, 9.17) is 4.74 Å². The highest BCUT2D eigenvalue weighted by atomic mass is 19.1. The molecule has 1 amide bonds. The van der Waals surface area contributed by atoms with Crippen molar-refractivity contribution in [2.75, 3.05) is 19.8 Å². The summed E-state index contributed by atoms with van der Waals surface area (Å²) in [6, 6.07) is 7.49. The minimum absolute atomic E-state index is 0.287. The first-order chi connectivity index (χ1) is 9.76. The molecule has 3 nitrogen and oxygen atoms in total. The topological polar surface area (TPSA) is 38.3 Å². The average molecular weight is 277 g/mol. The molecule has 1 aromatic carbocycles. The highest BCUT2D eigenvalue weighted by molar-refractivity contribution is 5.76. The Morgan fingerprint density at radius 3 is 3.05 bits per heavy atom. The van der Waals surface area contributed by atoms with E-state index >= 15 is 0 Å². The minimum Gasteiger partial charge on any atom is -0.492 e. The molecule has 0 aliphatic carbocycles. The lowest BCUT2D eigenvalue weighted by Gasteiger charge is -2.06. The molecule has 0 aliphatic heterocycles. The highest BCUT2D eigenvalue weighted by Gasteiger charge is 1.98. The first kappa shape index (κ1) is 16.0. The van der Waals surface area contributed by atoms with E-state index in [1.54, 1.807) is 0 Å². The van der Waals surface area contributed by atoms with Crippen LogP contribution in [0.3, 0.4) is 0 Å². The molecule has 0 saturated heterocycles. The van der Waals surface area contributed by atoms with Gasteiger partial charge in [-0.2, -0.15) is 0 Å². The van der Waals surface area contributed by atoms with Crippen LogP contribution in [0.15, 0.2) is 24.3 Å². The number of alkyl halides is 1. The molecule has 0 radical (unpaired) electrons. The molecule has 0 atom stereocenters. The summed E-state index contributed by atoms with van der Waals surface area (Å²) in [5.41, 5.74) is 0.909. The second-order valence-corrected chi connectivity index (χ2v) is 4.27. The molecular formula is C16H20FNO2. The van der Waals surface area contributed by atoms with Crippen LogP contribution in [0, 0.1) is 11.8 Å². The summed E-state index contributed by atoms with van der Waals surface area (Å²) in [6.45, 7) is 1.73. The van der Waals surface area contributed by atoms with Crippen LogP contribution in [-0.2, 0) is 4.79 Å². The average Bonchev–Trinajstić information content (AvgIpc) is 2.48. The third kappa shape index (κ3) is 6.79. The zero-order valence-corrected chi connectivity index (χ0v) is 11.7. The van der Waals surface area contributed by atoms with E-state index in [-0.39, 0.29) is 6.54 Å². The number of benzene rings is 1. The van der Waals surface area contributed by atoms with Crippen molar-refractivity contribution in [3.63, 3.8) is 0 Å². The Hall–Kier alpha value is -2.02. The summed E-state index contributed by atoms with van der Waals surface area (Å²) >= 11 is 0. The van der Waals surface area contributed by atoms with Gasteiger partial charge in [0.2, 0.25) is 0 Å². The third-order valence-electron chi connectivity index (χ3n) is 2.54. The Labute approximate surface area is 119 Å². The number of rotatable bonds is 7. The molecule has 0 spiro atoms. The number of hydrogen-bond donors (Lipinski definition) is 1. The second kappa shape index (κ2) is 9.85. The van der Waals surface area contributed by atoms with Gasteiger partial charge >= 0.3 is 0 Å². The molecule has 1 aromatic rings. The summed E-state index contributed by atoms with van der Waals surface area (Å²) in [6.07, 6.45) is 3.15. The summed E-state index contributed by atoms with van der Waals surface area (Å²) in [7, 11) is 0. The van der Waals surface area contributed by atoms with Crippen molar-refractivity contribution in [3.8, 4) is 17.6 Å². The van der Waals surface area contributed by atoms with Gasteiger partial charge in [0.15, 0.2) is 6.67 Å². The SMILES string of the molecule is CCCCC#Cc1cccc(OCCNC(=O)CF)c1. The van der Waals surface area contributed by atoms with Crippen molar-refractivity contribution in [2.24, 2.45) is 0 Å². The van der Waals surface area contributed by atoms with E-state index in [1.807, 2.05) is 24.3 Å². The van der Waals surface area contributed by atoms with Crippen molar-refractivity contribution < 1.29 is 13.9 Å². The van der Waals surface area contributed by atoms with Gasteiger partial charge in [0.25, 0.3) is 5.91 Å². The number of carbonyl (C=O) groups is 1. The van der Waals surface area contributed by atoms with Crippen LogP contribution in [-0.4, -0.2) is 25.7 Å². The maximum absolute atomic E-state index is 11.9.